The van der Waals surface area contributed by atoms with Crippen LogP contribution in [0.3, 0.4) is 0 Å². The van der Waals surface area contributed by atoms with Gasteiger partial charge in [0, 0.05) is 19.5 Å². The molecule has 7 heteroatoms. The number of hydrogen-bond acceptors (Lipinski definition) is 5. The number of nitrogens with zero attached hydrogens (tertiary/aromatic N) is 2. The molecule has 2 heterocycles. The smallest absolute Gasteiger partial charge is 0.265 e. The van der Waals surface area contributed by atoms with Gasteiger partial charge in [-0.1, -0.05) is 30.3 Å². The number of piperidine rings is 1. The van der Waals surface area contributed by atoms with E-state index in [1.807, 2.05) is 37.4 Å². The molecular weight excluding hydrogens is 330 g/mol. The third-order valence-electron chi connectivity index (χ3n) is 4.83. The fraction of sp³-hybridized carbons (Fsp3) is 0.421. The summed E-state index contributed by atoms with van der Waals surface area (Å²) in [5, 5.41) is 21.3. The molecule has 7 nitrogen and oxygen atoms in total. The van der Waals surface area contributed by atoms with Crippen molar-refractivity contribution >= 4 is 11.6 Å². The van der Waals surface area contributed by atoms with Gasteiger partial charge in [0.25, 0.3) is 5.91 Å². The third kappa shape index (κ3) is 4.56. The normalized spacial score (nSPS) is 17.0. The molecule has 0 bridgehead atoms. The number of nitrogens with one attached hydrogen (secondary N) is 3. The maximum absolute atomic E-state index is 12.2. The number of amides is 1. The summed E-state index contributed by atoms with van der Waals surface area (Å²) < 4.78 is 0. The molecule has 1 fully saturated rings. The van der Waals surface area contributed by atoms with Gasteiger partial charge in [-0.25, -0.2) is 4.98 Å². The Kier molecular flexibility index (Phi) is 5.49. The van der Waals surface area contributed by atoms with Gasteiger partial charge in [-0.2, -0.15) is 0 Å². The molecule has 1 aliphatic rings. The van der Waals surface area contributed by atoms with Crippen molar-refractivity contribution in [1.29, 1.82) is 5.41 Å². The predicted octanol–water partition coefficient (Wildman–Crippen LogP) is 1.56. The summed E-state index contributed by atoms with van der Waals surface area (Å²) in [5.74, 6) is 0.165. The Bertz CT molecular complexity index is 763. The van der Waals surface area contributed by atoms with Crippen molar-refractivity contribution in [2.75, 3.05) is 20.1 Å². The van der Waals surface area contributed by atoms with Crippen LogP contribution in [0.5, 0.6) is 0 Å². The SMILES string of the molecule is CN1CCC(O)(CC(=N)C(=O)NCc2ncc(-c3ccccc3)[nH]2)CC1. The number of carbonyl (C=O) groups excluding carboxylic acids is 1. The van der Waals surface area contributed by atoms with E-state index in [0.29, 0.717) is 18.7 Å². The first-order chi connectivity index (χ1) is 12.5. The van der Waals surface area contributed by atoms with Crippen LogP contribution in [0, 0.1) is 5.41 Å². The van der Waals surface area contributed by atoms with E-state index in [1.54, 1.807) is 6.20 Å². The highest BCUT2D eigenvalue weighted by molar-refractivity contribution is 6.37. The topological polar surface area (TPSA) is 105 Å². The Morgan fingerprint density at radius 2 is 2.04 bits per heavy atom. The Labute approximate surface area is 153 Å². The van der Waals surface area contributed by atoms with Crippen LogP contribution >= 0.6 is 0 Å². The number of aromatic nitrogens is 2. The fourth-order valence-corrected chi connectivity index (χ4v) is 3.11. The van der Waals surface area contributed by atoms with E-state index in [1.165, 1.54) is 0 Å². The molecule has 138 valence electrons. The van der Waals surface area contributed by atoms with Gasteiger partial charge in [0.2, 0.25) is 0 Å². The molecule has 1 aliphatic heterocycles. The zero-order valence-electron chi connectivity index (χ0n) is 15.0. The van der Waals surface area contributed by atoms with Gasteiger partial charge in [0.1, 0.15) is 5.82 Å². The molecule has 26 heavy (non-hydrogen) atoms. The highest BCUT2D eigenvalue weighted by atomic mass is 16.3. The average Bonchev–Trinajstić information content (AvgIpc) is 3.12. The monoisotopic (exact) mass is 355 g/mol. The van der Waals surface area contributed by atoms with E-state index >= 15 is 0 Å². The lowest BCUT2D eigenvalue weighted by Gasteiger charge is -2.36. The summed E-state index contributed by atoms with van der Waals surface area (Å²) in [7, 11) is 2.00. The van der Waals surface area contributed by atoms with Crippen LogP contribution in [-0.4, -0.2) is 57.3 Å². The van der Waals surface area contributed by atoms with Crippen LogP contribution in [-0.2, 0) is 11.3 Å². The van der Waals surface area contributed by atoms with E-state index < -0.39 is 11.5 Å². The third-order valence-corrected chi connectivity index (χ3v) is 4.83. The van der Waals surface area contributed by atoms with Gasteiger partial charge in [-0.15, -0.1) is 0 Å². The summed E-state index contributed by atoms with van der Waals surface area (Å²) in [6.45, 7) is 1.77. The summed E-state index contributed by atoms with van der Waals surface area (Å²) in [6, 6.07) is 9.81. The van der Waals surface area contributed by atoms with Crippen molar-refractivity contribution in [2.24, 2.45) is 0 Å². The average molecular weight is 355 g/mol. The van der Waals surface area contributed by atoms with Crippen LogP contribution in [0.4, 0.5) is 0 Å². The van der Waals surface area contributed by atoms with Gasteiger partial charge < -0.3 is 20.3 Å². The standard InChI is InChI=1S/C19H25N5O2/c1-24-9-7-19(26,8-10-24)11-15(20)18(25)22-13-17-21-12-16(23-17)14-5-3-2-4-6-14/h2-6,12,20,26H,7-11,13H2,1H3,(H,21,23)(H,22,25). The van der Waals surface area contributed by atoms with Crippen molar-refractivity contribution < 1.29 is 9.90 Å². The molecule has 0 saturated carbocycles. The van der Waals surface area contributed by atoms with Crippen LogP contribution in [0.2, 0.25) is 0 Å². The molecule has 1 amide bonds. The van der Waals surface area contributed by atoms with E-state index in [0.717, 1.165) is 24.3 Å². The van der Waals surface area contributed by atoms with Gasteiger partial charge in [0.15, 0.2) is 0 Å². The van der Waals surface area contributed by atoms with E-state index in [-0.39, 0.29) is 18.7 Å². The lowest BCUT2D eigenvalue weighted by atomic mass is 9.86. The van der Waals surface area contributed by atoms with Crippen molar-refractivity contribution in [3.05, 3.63) is 42.4 Å². The van der Waals surface area contributed by atoms with Crippen molar-refractivity contribution in [3.8, 4) is 11.3 Å². The van der Waals surface area contributed by atoms with Crippen LogP contribution < -0.4 is 5.32 Å². The molecule has 1 aromatic carbocycles. The van der Waals surface area contributed by atoms with Crippen LogP contribution in [0.1, 0.15) is 25.1 Å². The Hall–Kier alpha value is -2.51. The lowest BCUT2D eigenvalue weighted by molar-refractivity contribution is -0.115. The van der Waals surface area contributed by atoms with E-state index in [2.05, 4.69) is 20.2 Å². The van der Waals surface area contributed by atoms with Gasteiger partial charge in [0.05, 0.1) is 29.7 Å². The Morgan fingerprint density at radius 1 is 1.35 bits per heavy atom. The first kappa shape index (κ1) is 18.3. The number of aromatic amines is 1. The summed E-state index contributed by atoms with van der Waals surface area (Å²) >= 11 is 0. The second-order valence-corrected chi connectivity index (χ2v) is 6.98. The second-order valence-electron chi connectivity index (χ2n) is 6.98. The van der Waals surface area contributed by atoms with Gasteiger partial charge >= 0.3 is 0 Å². The van der Waals surface area contributed by atoms with Gasteiger partial charge in [-0.3, -0.25) is 10.2 Å². The fourth-order valence-electron chi connectivity index (χ4n) is 3.11. The lowest BCUT2D eigenvalue weighted by Crippen LogP contribution is -2.46. The number of likely N-dealkylation sites (tertiary alicyclic amines) is 1. The Balaban J connectivity index is 1.51. The molecule has 4 N–H and O–H groups in total. The first-order valence-corrected chi connectivity index (χ1v) is 8.81. The number of benzene rings is 1. The maximum Gasteiger partial charge on any atom is 0.265 e. The number of imidazole rings is 1. The predicted molar refractivity (Wildman–Crippen MR) is 99.9 cm³/mol. The highest BCUT2D eigenvalue weighted by Gasteiger charge is 2.33. The first-order valence-electron chi connectivity index (χ1n) is 8.81. The van der Waals surface area contributed by atoms with Gasteiger partial charge in [-0.05, 0) is 25.5 Å². The van der Waals surface area contributed by atoms with E-state index in [4.69, 9.17) is 5.41 Å². The molecule has 0 unspecified atom stereocenters. The molecule has 1 saturated heterocycles. The van der Waals surface area contributed by atoms with Crippen LogP contribution in [0.25, 0.3) is 11.3 Å². The minimum absolute atomic E-state index is 0.0834. The number of H-pyrrole nitrogens is 1. The highest BCUT2D eigenvalue weighted by Crippen LogP contribution is 2.25. The molecule has 2 aromatic rings. The number of carbonyl (C=O) groups is 1. The molecule has 3 rings (SSSR count). The Morgan fingerprint density at radius 3 is 2.73 bits per heavy atom. The minimum atomic E-state index is -0.952. The summed E-state index contributed by atoms with van der Waals surface area (Å²) in [5.41, 5.74) is 0.860. The molecule has 1 aromatic heterocycles. The van der Waals surface area contributed by atoms with E-state index in [9.17, 15) is 9.90 Å². The zero-order chi connectivity index (χ0) is 18.6. The molecule has 0 radical (unpaired) electrons. The largest absolute Gasteiger partial charge is 0.389 e. The second kappa shape index (κ2) is 7.80. The molecule has 0 aliphatic carbocycles. The number of hydrogen-bond donors (Lipinski definition) is 4. The molecule has 0 atom stereocenters. The maximum atomic E-state index is 12.2. The number of rotatable bonds is 6. The van der Waals surface area contributed by atoms with Crippen molar-refractivity contribution in [2.45, 2.75) is 31.4 Å². The molecule has 0 spiro atoms. The molecular formula is C19H25N5O2. The van der Waals surface area contributed by atoms with Crippen molar-refractivity contribution in [3.63, 3.8) is 0 Å². The quantitative estimate of drug-likeness (QED) is 0.590. The minimum Gasteiger partial charge on any atom is -0.389 e. The zero-order valence-corrected chi connectivity index (χ0v) is 15.0. The number of aliphatic hydroxyl groups is 1. The van der Waals surface area contributed by atoms with Crippen molar-refractivity contribution in [1.82, 2.24) is 20.2 Å². The summed E-state index contributed by atoms with van der Waals surface area (Å²) in [6.07, 6.45) is 2.97. The van der Waals surface area contributed by atoms with Crippen LogP contribution in [0.15, 0.2) is 36.5 Å². The summed E-state index contributed by atoms with van der Waals surface area (Å²) in [4.78, 5) is 21.7.